The molecule has 2 unspecified atom stereocenters. The number of carbonyl (C=O) groups excluding carboxylic acids is 2. The SMILES string of the molecule is CCC(C)NC(=O)C(Cc1ccccc1)N(Cc1cccc(Br)c1)C(=O)CN(c1ccc2c(c1)OCCO2)S(=O)(=O)CC. The predicted molar refractivity (Wildman–Crippen MR) is 171 cm³/mol. The number of nitrogens with one attached hydrogen (secondary N) is 1. The Morgan fingerprint density at radius 3 is 2.30 bits per heavy atom. The van der Waals surface area contributed by atoms with Crippen LogP contribution < -0.4 is 19.1 Å². The molecule has 230 valence electrons. The number of halogens is 1. The van der Waals surface area contributed by atoms with Gasteiger partial charge in [0, 0.05) is 29.5 Å². The van der Waals surface area contributed by atoms with Crippen LogP contribution in [0.3, 0.4) is 0 Å². The van der Waals surface area contributed by atoms with E-state index >= 15 is 0 Å². The van der Waals surface area contributed by atoms with E-state index in [4.69, 9.17) is 9.47 Å². The number of hydrogen-bond acceptors (Lipinski definition) is 6. The molecule has 0 aromatic heterocycles. The molecule has 1 N–H and O–H groups in total. The second-order valence-corrected chi connectivity index (χ2v) is 13.5. The number of anilines is 1. The minimum atomic E-state index is -3.89. The summed E-state index contributed by atoms with van der Waals surface area (Å²) in [7, 11) is -3.89. The quantitative estimate of drug-likeness (QED) is 0.276. The number of rotatable bonds is 13. The van der Waals surface area contributed by atoms with Crippen molar-refractivity contribution in [2.45, 2.75) is 52.2 Å². The fourth-order valence-corrected chi connectivity index (χ4v) is 6.23. The summed E-state index contributed by atoms with van der Waals surface area (Å²) in [5.74, 6) is -0.107. The molecule has 1 aliphatic rings. The Balaban J connectivity index is 1.75. The van der Waals surface area contributed by atoms with Crippen LogP contribution in [0.2, 0.25) is 0 Å². The van der Waals surface area contributed by atoms with E-state index in [1.807, 2.05) is 68.4 Å². The average molecular weight is 673 g/mol. The highest BCUT2D eigenvalue weighted by atomic mass is 79.9. The second kappa shape index (κ2) is 14.7. The number of carbonyl (C=O) groups is 2. The first-order chi connectivity index (χ1) is 20.6. The Kier molecular flexibility index (Phi) is 11.1. The Morgan fingerprint density at radius 2 is 1.63 bits per heavy atom. The molecule has 0 fully saturated rings. The van der Waals surface area contributed by atoms with E-state index in [1.54, 1.807) is 18.2 Å². The number of fused-ring (bicyclic) bond motifs is 1. The first kappa shape index (κ1) is 32.3. The van der Waals surface area contributed by atoms with Crippen molar-refractivity contribution in [2.75, 3.05) is 29.8 Å². The molecule has 43 heavy (non-hydrogen) atoms. The molecule has 0 saturated heterocycles. The molecule has 2 amide bonds. The smallest absolute Gasteiger partial charge is 0.244 e. The zero-order valence-corrected chi connectivity index (χ0v) is 27.1. The van der Waals surface area contributed by atoms with Crippen molar-refractivity contribution < 1.29 is 27.5 Å². The second-order valence-electron chi connectivity index (χ2n) is 10.4. The van der Waals surface area contributed by atoms with Gasteiger partial charge < -0.3 is 19.7 Å². The van der Waals surface area contributed by atoms with E-state index in [9.17, 15) is 18.0 Å². The lowest BCUT2D eigenvalue weighted by atomic mass is 10.0. The van der Waals surface area contributed by atoms with Gasteiger partial charge in [-0.25, -0.2) is 8.42 Å². The van der Waals surface area contributed by atoms with Crippen LogP contribution in [-0.2, 0) is 32.6 Å². The summed E-state index contributed by atoms with van der Waals surface area (Å²) in [4.78, 5) is 29.6. The molecular weight excluding hydrogens is 634 g/mol. The van der Waals surface area contributed by atoms with Crippen molar-refractivity contribution in [3.63, 3.8) is 0 Å². The molecule has 1 heterocycles. The number of hydrogen-bond donors (Lipinski definition) is 1. The zero-order valence-electron chi connectivity index (χ0n) is 24.7. The Hall–Kier alpha value is -3.57. The molecule has 9 nitrogen and oxygen atoms in total. The van der Waals surface area contributed by atoms with E-state index in [0.717, 1.165) is 26.3 Å². The molecule has 0 radical (unpaired) electrons. The zero-order chi connectivity index (χ0) is 31.0. The third kappa shape index (κ3) is 8.51. The summed E-state index contributed by atoms with van der Waals surface area (Å²) in [6.07, 6.45) is 0.976. The number of benzene rings is 3. The maximum Gasteiger partial charge on any atom is 0.244 e. The molecule has 0 aliphatic carbocycles. The summed E-state index contributed by atoms with van der Waals surface area (Å²) < 4.78 is 40.0. The first-order valence-corrected chi connectivity index (χ1v) is 16.8. The number of amides is 2. The van der Waals surface area contributed by atoms with Crippen molar-refractivity contribution in [1.82, 2.24) is 10.2 Å². The minimum Gasteiger partial charge on any atom is -0.486 e. The number of ether oxygens (including phenoxy) is 2. The molecule has 0 spiro atoms. The van der Waals surface area contributed by atoms with Gasteiger partial charge in [-0.3, -0.25) is 13.9 Å². The summed E-state index contributed by atoms with van der Waals surface area (Å²) in [6, 6.07) is 20.8. The fraction of sp³-hybridized carbons (Fsp3) is 0.375. The van der Waals surface area contributed by atoms with Gasteiger partial charge in [0.15, 0.2) is 11.5 Å². The maximum absolute atomic E-state index is 14.3. The van der Waals surface area contributed by atoms with E-state index in [0.29, 0.717) is 24.7 Å². The van der Waals surface area contributed by atoms with Gasteiger partial charge in [0.1, 0.15) is 25.8 Å². The maximum atomic E-state index is 14.3. The van der Waals surface area contributed by atoms with Gasteiger partial charge in [-0.1, -0.05) is 65.3 Å². The molecule has 3 aromatic rings. The molecule has 11 heteroatoms. The molecule has 0 bridgehead atoms. The lowest BCUT2D eigenvalue weighted by molar-refractivity contribution is -0.140. The van der Waals surface area contributed by atoms with Gasteiger partial charge in [0.25, 0.3) is 0 Å². The van der Waals surface area contributed by atoms with Crippen molar-refractivity contribution in [2.24, 2.45) is 0 Å². The monoisotopic (exact) mass is 671 g/mol. The lowest BCUT2D eigenvalue weighted by Gasteiger charge is -2.34. The average Bonchev–Trinajstić information content (AvgIpc) is 3.01. The summed E-state index contributed by atoms with van der Waals surface area (Å²) in [6.45, 7) is 5.76. The van der Waals surface area contributed by atoms with E-state index in [-0.39, 0.29) is 36.4 Å². The van der Waals surface area contributed by atoms with Crippen molar-refractivity contribution >= 4 is 43.5 Å². The normalized spacial score (nSPS) is 14.0. The van der Waals surface area contributed by atoms with Crippen LogP contribution >= 0.6 is 15.9 Å². The Morgan fingerprint density at radius 1 is 0.930 bits per heavy atom. The van der Waals surface area contributed by atoms with E-state index in [2.05, 4.69) is 21.2 Å². The largest absolute Gasteiger partial charge is 0.486 e. The van der Waals surface area contributed by atoms with Crippen LogP contribution in [-0.4, -0.2) is 62.7 Å². The molecule has 2 atom stereocenters. The lowest BCUT2D eigenvalue weighted by Crippen LogP contribution is -2.54. The van der Waals surface area contributed by atoms with Gasteiger partial charge in [-0.2, -0.15) is 0 Å². The van der Waals surface area contributed by atoms with Gasteiger partial charge in [-0.15, -0.1) is 0 Å². The highest BCUT2D eigenvalue weighted by molar-refractivity contribution is 9.10. The number of nitrogens with zero attached hydrogens (tertiary/aromatic N) is 2. The molecule has 3 aromatic carbocycles. The predicted octanol–water partition coefficient (Wildman–Crippen LogP) is 4.93. The van der Waals surface area contributed by atoms with Crippen LogP contribution in [0.25, 0.3) is 0 Å². The molecule has 0 saturated carbocycles. The third-order valence-electron chi connectivity index (χ3n) is 7.31. The van der Waals surface area contributed by atoms with Crippen molar-refractivity contribution in [1.29, 1.82) is 0 Å². The molecule has 1 aliphatic heterocycles. The van der Waals surface area contributed by atoms with Crippen molar-refractivity contribution in [3.8, 4) is 11.5 Å². The summed E-state index contributed by atoms with van der Waals surface area (Å²) >= 11 is 3.49. The van der Waals surface area contributed by atoms with Crippen LogP contribution in [0.4, 0.5) is 5.69 Å². The van der Waals surface area contributed by atoms with Gasteiger partial charge >= 0.3 is 0 Å². The third-order valence-corrected chi connectivity index (χ3v) is 9.54. The van der Waals surface area contributed by atoms with Crippen LogP contribution in [0.5, 0.6) is 11.5 Å². The topological polar surface area (TPSA) is 105 Å². The van der Waals surface area contributed by atoms with E-state index in [1.165, 1.54) is 11.8 Å². The molecule has 4 rings (SSSR count). The van der Waals surface area contributed by atoms with Gasteiger partial charge in [-0.05, 0) is 55.7 Å². The fourth-order valence-electron chi connectivity index (χ4n) is 4.73. The highest BCUT2D eigenvalue weighted by Gasteiger charge is 2.34. The van der Waals surface area contributed by atoms with Crippen molar-refractivity contribution in [3.05, 3.63) is 88.4 Å². The van der Waals surface area contributed by atoms with Crippen LogP contribution in [0.15, 0.2) is 77.3 Å². The first-order valence-electron chi connectivity index (χ1n) is 14.4. The number of sulfonamides is 1. The Bertz CT molecular complexity index is 1520. The molecular formula is C32H38BrN3O6S. The van der Waals surface area contributed by atoms with Crippen LogP contribution in [0, 0.1) is 0 Å². The summed E-state index contributed by atoms with van der Waals surface area (Å²) in [5, 5.41) is 3.04. The summed E-state index contributed by atoms with van der Waals surface area (Å²) in [5.41, 5.74) is 1.95. The van der Waals surface area contributed by atoms with E-state index < -0.39 is 28.5 Å². The van der Waals surface area contributed by atoms with Gasteiger partial charge in [0.05, 0.1) is 11.4 Å². The standard InChI is InChI=1S/C32H38BrN3O6S/c1-4-23(3)34-32(38)28(19-24-10-7-6-8-11-24)35(21-25-12-9-13-26(33)18-25)31(37)22-36(43(39,40)5-2)27-14-15-29-30(20-27)42-17-16-41-29/h6-15,18,20,23,28H,4-5,16-17,19,21-22H2,1-3H3,(H,34,38). The van der Waals surface area contributed by atoms with Crippen LogP contribution in [0.1, 0.15) is 38.3 Å². The minimum absolute atomic E-state index is 0.102. The van der Waals surface area contributed by atoms with Gasteiger partial charge in [0.2, 0.25) is 21.8 Å². The highest BCUT2D eigenvalue weighted by Crippen LogP contribution is 2.35. The Labute approximate surface area is 262 Å².